The van der Waals surface area contributed by atoms with E-state index in [2.05, 4.69) is 4.72 Å². The number of nitrogens with one attached hydrogen (secondary N) is 1. The van der Waals surface area contributed by atoms with Crippen molar-refractivity contribution in [3.05, 3.63) is 76.0 Å². The second-order valence-corrected chi connectivity index (χ2v) is 7.51. The first kappa shape index (κ1) is 15.7. The molecule has 0 spiro atoms. The predicted molar refractivity (Wildman–Crippen MR) is 93.3 cm³/mol. The molecule has 4 nitrogen and oxygen atoms in total. The molecule has 1 aromatic carbocycles. The predicted octanol–water partition coefficient (Wildman–Crippen LogP) is 4.10. The van der Waals surface area contributed by atoms with Crippen molar-refractivity contribution < 1.29 is 12.8 Å². The van der Waals surface area contributed by atoms with Gasteiger partial charge >= 0.3 is 0 Å². The summed E-state index contributed by atoms with van der Waals surface area (Å²) in [7, 11) is -3.47. The molecular weight excluding hydrogens is 330 g/mol. The highest BCUT2D eigenvalue weighted by Gasteiger charge is 2.08. The van der Waals surface area contributed by atoms with E-state index < -0.39 is 10.0 Å². The molecule has 0 saturated carbocycles. The molecule has 2 heterocycles. The molecule has 23 heavy (non-hydrogen) atoms. The Morgan fingerprint density at radius 1 is 1.13 bits per heavy atom. The monoisotopic (exact) mass is 345 g/mol. The van der Waals surface area contributed by atoms with E-state index in [9.17, 15) is 8.42 Å². The molecule has 2 aromatic heterocycles. The van der Waals surface area contributed by atoms with Crippen molar-refractivity contribution in [1.82, 2.24) is 4.72 Å². The summed E-state index contributed by atoms with van der Waals surface area (Å²) in [6, 6.07) is 14.9. The van der Waals surface area contributed by atoms with Crippen LogP contribution in [-0.4, -0.2) is 8.42 Å². The molecule has 3 aromatic rings. The van der Waals surface area contributed by atoms with Crippen molar-refractivity contribution in [1.29, 1.82) is 0 Å². The van der Waals surface area contributed by atoms with Crippen LogP contribution in [0.4, 0.5) is 0 Å². The summed E-state index contributed by atoms with van der Waals surface area (Å²) in [6.07, 6.45) is 3.19. The van der Waals surface area contributed by atoms with Crippen LogP contribution in [0.5, 0.6) is 0 Å². The maximum atomic E-state index is 12.0. The number of sulfonamides is 1. The third-order valence-corrected chi connectivity index (χ3v) is 5.12. The lowest BCUT2D eigenvalue weighted by atomic mass is 10.2. The van der Waals surface area contributed by atoms with E-state index in [1.54, 1.807) is 12.3 Å². The van der Waals surface area contributed by atoms with Crippen molar-refractivity contribution in [3.8, 4) is 11.3 Å². The molecule has 6 heteroatoms. The molecule has 0 radical (unpaired) electrons. The Labute approximate surface area is 139 Å². The third-order valence-electron chi connectivity index (χ3n) is 3.15. The van der Waals surface area contributed by atoms with Gasteiger partial charge in [0.15, 0.2) is 0 Å². The van der Waals surface area contributed by atoms with Gasteiger partial charge in [-0.2, -0.15) is 0 Å². The molecule has 1 N–H and O–H groups in total. The molecule has 0 saturated heterocycles. The minimum Gasteiger partial charge on any atom is -0.464 e. The van der Waals surface area contributed by atoms with E-state index in [0.29, 0.717) is 0 Å². The standard InChI is InChI=1S/C17H15NO3S2/c19-23(20,10-8-14-5-2-1-3-6-14)18-12-16-11-15(13-22-16)17-7-4-9-21-17/h1-11,13,18H,12H2/b10-8+. The fraction of sp³-hybridized carbons (Fsp3) is 0.0588. The fourth-order valence-corrected chi connectivity index (χ4v) is 3.69. The van der Waals surface area contributed by atoms with Gasteiger partial charge in [-0.1, -0.05) is 30.3 Å². The first-order valence-corrected chi connectivity index (χ1v) is 9.39. The minimum atomic E-state index is -3.47. The molecule has 118 valence electrons. The van der Waals surface area contributed by atoms with Crippen LogP contribution in [0, 0.1) is 0 Å². The zero-order valence-electron chi connectivity index (χ0n) is 12.2. The average Bonchev–Trinajstić information content (AvgIpc) is 3.23. The van der Waals surface area contributed by atoms with Crippen molar-refractivity contribution in [3.63, 3.8) is 0 Å². The number of thiophene rings is 1. The SMILES string of the molecule is O=S(=O)(/C=C/c1ccccc1)NCc1cc(-c2ccco2)cs1. The number of hydrogen-bond donors (Lipinski definition) is 1. The van der Waals surface area contributed by atoms with Crippen LogP contribution in [0.2, 0.25) is 0 Å². The van der Waals surface area contributed by atoms with E-state index in [1.807, 2.05) is 53.9 Å². The fourth-order valence-electron chi connectivity index (χ4n) is 2.00. The number of furan rings is 1. The van der Waals surface area contributed by atoms with E-state index in [0.717, 1.165) is 21.8 Å². The minimum absolute atomic E-state index is 0.257. The van der Waals surface area contributed by atoms with E-state index in [-0.39, 0.29) is 6.54 Å². The summed E-state index contributed by atoms with van der Waals surface area (Å²) < 4.78 is 31.9. The lowest BCUT2D eigenvalue weighted by Crippen LogP contribution is -2.19. The van der Waals surface area contributed by atoms with Gasteiger partial charge in [0, 0.05) is 27.8 Å². The first-order chi connectivity index (χ1) is 11.1. The van der Waals surface area contributed by atoms with E-state index >= 15 is 0 Å². The topological polar surface area (TPSA) is 59.3 Å². The van der Waals surface area contributed by atoms with Gasteiger partial charge in [0.2, 0.25) is 10.0 Å². The Bertz CT molecular complexity index is 879. The van der Waals surface area contributed by atoms with Gasteiger partial charge in [-0.3, -0.25) is 0 Å². The second kappa shape index (κ2) is 6.95. The maximum absolute atomic E-state index is 12.0. The van der Waals surface area contributed by atoms with Crippen LogP contribution in [-0.2, 0) is 16.6 Å². The summed E-state index contributed by atoms with van der Waals surface area (Å²) in [5.74, 6) is 0.777. The van der Waals surface area contributed by atoms with Crippen LogP contribution in [0.25, 0.3) is 17.4 Å². The highest BCUT2D eigenvalue weighted by molar-refractivity contribution is 7.92. The molecule has 0 amide bonds. The molecule has 0 bridgehead atoms. The van der Waals surface area contributed by atoms with E-state index in [1.165, 1.54) is 16.7 Å². The van der Waals surface area contributed by atoms with Crippen molar-refractivity contribution in [2.45, 2.75) is 6.54 Å². The van der Waals surface area contributed by atoms with Crippen molar-refractivity contribution in [2.24, 2.45) is 0 Å². The van der Waals surface area contributed by atoms with Crippen molar-refractivity contribution >= 4 is 27.4 Å². The molecule has 0 unspecified atom stereocenters. The zero-order chi connectivity index (χ0) is 16.1. The van der Waals surface area contributed by atoms with Crippen molar-refractivity contribution in [2.75, 3.05) is 0 Å². The lowest BCUT2D eigenvalue weighted by molar-refractivity contribution is 0.582. The van der Waals surface area contributed by atoms with Gasteiger partial charge in [0.1, 0.15) is 5.76 Å². The largest absolute Gasteiger partial charge is 0.464 e. The van der Waals surface area contributed by atoms with Gasteiger partial charge < -0.3 is 4.42 Å². The maximum Gasteiger partial charge on any atom is 0.234 e. The number of hydrogen-bond acceptors (Lipinski definition) is 4. The third kappa shape index (κ3) is 4.41. The molecule has 0 aliphatic carbocycles. The summed E-state index contributed by atoms with van der Waals surface area (Å²) in [4.78, 5) is 0.924. The zero-order valence-corrected chi connectivity index (χ0v) is 13.8. The Morgan fingerprint density at radius 2 is 1.96 bits per heavy atom. The smallest absolute Gasteiger partial charge is 0.234 e. The Kier molecular flexibility index (Phi) is 4.76. The quantitative estimate of drug-likeness (QED) is 0.732. The van der Waals surface area contributed by atoms with Crippen LogP contribution < -0.4 is 4.72 Å². The molecule has 0 atom stereocenters. The lowest BCUT2D eigenvalue weighted by Gasteiger charge is -2.00. The summed E-state index contributed by atoms with van der Waals surface area (Å²) in [5.41, 5.74) is 1.79. The van der Waals surface area contributed by atoms with Gasteiger partial charge in [-0.15, -0.1) is 11.3 Å². The number of benzene rings is 1. The normalized spacial score (nSPS) is 12.0. The van der Waals surface area contributed by atoms with Crippen LogP contribution in [0.3, 0.4) is 0 Å². The van der Waals surface area contributed by atoms with Crippen LogP contribution in [0.1, 0.15) is 10.4 Å². The van der Waals surface area contributed by atoms with Gasteiger partial charge in [0.05, 0.1) is 6.26 Å². The van der Waals surface area contributed by atoms with Gasteiger partial charge in [-0.25, -0.2) is 13.1 Å². The molecule has 0 fully saturated rings. The Hall–Kier alpha value is -2.15. The van der Waals surface area contributed by atoms with E-state index in [4.69, 9.17) is 4.42 Å². The Balaban J connectivity index is 1.62. The highest BCUT2D eigenvalue weighted by atomic mass is 32.2. The van der Waals surface area contributed by atoms with Gasteiger partial charge in [-0.05, 0) is 29.8 Å². The number of rotatable bonds is 6. The summed E-state index contributed by atoms with van der Waals surface area (Å²) in [5, 5.41) is 3.13. The summed E-state index contributed by atoms with van der Waals surface area (Å²) in [6.45, 7) is 0.257. The summed E-state index contributed by atoms with van der Waals surface area (Å²) >= 11 is 1.49. The van der Waals surface area contributed by atoms with Gasteiger partial charge in [0.25, 0.3) is 0 Å². The van der Waals surface area contributed by atoms with Crippen LogP contribution in [0.15, 0.2) is 70.0 Å². The Morgan fingerprint density at radius 3 is 2.70 bits per heavy atom. The molecule has 0 aliphatic rings. The second-order valence-electron chi connectivity index (χ2n) is 4.86. The highest BCUT2D eigenvalue weighted by Crippen LogP contribution is 2.25. The average molecular weight is 345 g/mol. The first-order valence-electron chi connectivity index (χ1n) is 6.96. The molecule has 3 rings (SSSR count). The van der Waals surface area contributed by atoms with Crippen LogP contribution >= 0.6 is 11.3 Å². The molecule has 0 aliphatic heterocycles. The molecular formula is C17H15NO3S2.